The quantitative estimate of drug-likeness (QED) is 0.426. The zero-order valence-electron chi connectivity index (χ0n) is 16.6. The molecule has 0 unspecified atom stereocenters. The molecule has 0 spiro atoms. The Kier molecular flexibility index (Phi) is 5.47. The van der Waals surface area contributed by atoms with Crippen LogP contribution in [0.4, 0.5) is 30.6 Å². The molecule has 0 fully saturated rings. The van der Waals surface area contributed by atoms with Gasteiger partial charge in [0.25, 0.3) is 0 Å². The van der Waals surface area contributed by atoms with Crippen LogP contribution in [0.1, 0.15) is 17.2 Å². The van der Waals surface area contributed by atoms with Gasteiger partial charge in [0.2, 0.25) is 5.95 Å². The molecule has 4 rings (SSSR count). The predicted octanol–water partition coefficient (Wildman–Crippen LogP) is 4.24. The third kappa shape index (κ3) is 4.58. The maximum Gasteiger partial charge on any atom is 0.416 e. The lowest BCUT2D eigenvalue weighted by atomic mass is 10.1. The lowest BCUT2D eigenvalue weighted by molar-refractivity contribution is -0.137. The van der Waals surface area contributed by atoms with Gasteiger partial charge in [-0.25, -0.2) is 0 Å². The smallest absolute Gasteiger partial charge is 0.352 e. The molecule has 4 N–H and O–H groups in total. The van der Waals surface area contributed by atoms with Crippen molar-refractivity contribution in [3.63, 3.8) is 0 Å². The molecule has 4 aromatic rings. The number of halogens is 3. The molecule has 2 aromatic heterocycles. The van der Waals surface area contributed by atoms with Gasteiger partial charge in [-0.2, -0.15) is 28.2 Å². The van der Waals surface area contributed by atoms with Crippen LogP contribution < -0.4 is 16.4 Å². The molecule has 0 aliphatic carbocycles. The summed E-state index contributed by atoms with van der Waals surface area (Å²) in [5.41, 5.74) is 7.52. The number of fused-ring (bicyclic) bond motifs is 1. The highest BCUT2D eigenvalue weighted by molar-refractivity contribution is 5.89. The summed E-state index contributed by atoms with van der Waals surface area (Å²) < 4.78 is 40.0. The van der Waals surface area contributed by atoms with Crippen LogP contribution in [0.25, 0.3) is 11.0 Å². The Labute approximate surface area is 176 Å². The first-order chi connectivity index (χ1) is 14.8. The number of hydrogen-bond acceptors (Lipinski definition) is 6. The summed E-state index contributed by atoms with van der Waals surface area (Å²) in [5.74, 6) is 0.755. The van der Waals surface area contributed by atoms with Crippen molar-refractivity contribution < 1.29 is 13.2 Å². The summed E-state index contributed by atoms with van der Waals surface area (Å²) in [4.78, 5) is 8.96. The Hall–Kier alpha value is -3.66. The molecule has 0 aliphatic rings. The van der Waals surface area contributed by atoms with Crippen molar-refractivity contribution >= 4 is 28.5 Å². The molecule has 0 saturated heterocycles. The highest BCUT2D eigenvalue weighted by Crippen LogP contribution is 2.31. The first kappa shape index (κ1) is 20.6. The molecule has 1 atom stereocenters. The van der Waals surface area contributed by atoms with Crippen molar-refractivity contribution in [2.45, 2.75) is 12.2 Å². The number of aromatic nitrogens is 4. The monoisotopic (exact) mass is 427 g/mol. The molecular formula is C21H20F3N7. The van der Waals surface area contributed by atoms with E-state index in [1.807, 2.05) is 30.3 Å². The fourth-order valence-electron chi connectivity index (χ4n) is 3.10. The molecule has 0 amide bonds. The van der Waals surface area contributed by atoms with Gasteiger partial charge in [0.05, 0.1) is 17.1 Å². The summed E-state index contributed by atoms with van der Waals surface area (Å²) in [5, 5.41) is 11.0. The van der Waals surface area contributed by atoms with Crippen molar-refractivity contribution in [2.75, 3.05) is 17.2 Å². The van der Waals surface area contributed by atoms with Crippen molar-refractivity contribution in [1.82, 2.24) is 19.7 Å². The maximum atomic E-state index is 12.8. The zero-order valence-corrected chi connectivity index (χ0v) is 16.6. The van der Waals surface area contributed by atoms with E-state index in [0.717, 1.165) is 17.7 Å². The molecule has 31 heavy (non-hydrogen) atoms. The van der Waals surface area contributed by atoms with Crippen LogP contribution >= 0.6 is 0 Å². The van der Waals surface area contributed by atoms with Gasteiger partial charge in [-0.15, -0.1) is 0 Å². The third-order valence-corrected chi connectivity index (χ3v) is 4.77. The first-order valence-corrected chi connectivity index (χ1v) is 9.49. The molecule has 0 aliphatic heterocycles. The third-order valence-electron chi connectivity index (χ3n) is 4.77. The molecule has 10 heteroatoms. The van der Waals surface area contributed by atoms with Gasteiger partial charge in [-0.3, -0.25) is 4.68 Å². The van der Waals surface area contributed by atoms with Gasteiger partial charge in [-0.05, 0) is 29.8 Å². The van der Waals surface area contributed by atoms with Crippen molar-refractivity contribution in [3.05, 3.63) is 71.9 Å². The van der Waals surface area contributed by atoms with Crippen LogP contribution in [0.2, 0.25) is 0 Å². The SMILES string of the molecule is Cn1ncc2c(Nc3ccc(C(F)(F)F)cc3)nc(NC[C@@H](N)c3ccccc3)nc21. The molecule has 2 heterocycles. The average Bonchev–Trinajstić information content (AvgIpc) is 3.13. The van der Waals surface area contributed by atoms with Crippen LogP contribution in [-0.2, 0) is 13.2 Å². The number of rotatable bonds is 6. The van der Waals surface area contributed by atoms with Crippen molar-refractivity contribution in [1.29, 1.82) is 0 Å². The average molecular weight is 427 g/mol. The topological polar surface area (TPSA) is 93.7 Å². The summed E-state index contributed by atoms with van der Waals surface area (Å²) in [7, 11) is 1.75. The van der Waals surface area contributed by atoms with Gasteiger partial charge in [-0.1, -0.05) is 30.3 Å². The minimum Gasteiger partial charge on any atom is -0.352 e. The van der Waals surface area contributed by atoms with E-state index in [1.54, 1.807) is 17.9 Å². The van der Waals surface area contributed by atoms with E-state index in [0.29, 0.717) is 35.0 Å². The standard InChI is InChI=1S/C21H20F3N7/c1-31-19-16(11-27-31)18(28-15-9-7-14(8-10-15)21(22,23)24)29-20(30-19)26-12-17(25)13-5-3-2-4-6-13/h2-11,17H,12,25H2,1H3,(H2,26,28,29,30)/t17-/m1/s1. The lowest BCUT2D eigenvalue weighted by Crippen LogP contribution is -2.21. The van der Waals surface area contributed by atoms with Gasteiger partial charge < -0.3 is 16.4 Å². The highest BCUT2D eigenvalue weighted by atomic mass is 19.4. The van der Waals surface area contributed by atoms with Crippen LogP contribution in [-0.4, -0.2) is 26.3 Å². The van der Waals surface area contributed by atoms with E-state index < -0.39 is 11.7 Å². The second-order valence-corrected chi connectivity index (χ2v) is 7.00. The number of alkyl halides is 3. The minimum atomic E-state index is -4.39. The Morgan fingerprint density at radius 1 is 1.03 bits per heavy atom. The van der Waals surface area contributed by atoms with E-state index in [1.165, 1.54) is 12.1 Å². The molecule has 0 bridgehead atoms. The predicted molar refractivity (Wildman–Crippen MR) is 113 cm³/mol. The van der Waals surface area contributed by atoms with Gasteiger partial charge in [0, 0.05) is 25.3 Å². The number of benzene rings is 2. The summed E-state index contributed by atoms with van der Waals surface area (Å²) >= 11 is 0. The molecular weight excluding hydrogens is 407 g/mol. The normalized spacial score (nSPS) is 12.7. The Balaban J connectivity index is 1.58. The number of hydrogen-bond donors (Lipinski definition) is 3. The van der Waals surface area contributed by atoms with Crippen LogP contribution in [0.5, 0.6) is 0 Å². The molecule has 160 valence electrons. The van der Waals surface area contributed by atoms with E-state index >= 15 is 0 Å². The largest absolute Gasteiger partial charge is 0.416 e. The number of anilines is 3. The van der Waals surface area contributed by atoms with E-state index in [9.17, 15) is 13.2 Å². The van der Waals surface area contributed by atoms with Crippen molar-refractivity contribution in [2.24, 2.45) is 12.8 Å². The summed E-state index contributed by atoms with van der Waals surface area (Å²) in [6.07, 6.45) is -2.79. The fraction of sp³-hybridized carbons (Fsp3) is 0.190. The van der Waals surface area contributed by atoms with Crippen LogP contribution in [0.15, 0.2) is 60.8 Å². The molecule has 2 aromatic carbocycles. The summed E-state index contributed by atoms with van der Waals surface area (Å²) in [6.45, 7) is 0.396. The number of nitrogens with one attached hydrogen (secondary N) is 2. The molecule has 0 saturated carbocycles. The lowest BCUT2D eigenvalue weighted by Gasteiger charge is -2.14. The van der Waals surface area contributed by atoms with E-state index in [2.05, 4.69) is 25.7 Å². The summed E-state index contributed by atoms with van der Waals surface area (Å²) in [6, 6.07) is 14.1. The number of nitrogens with zero attached hydrogens (tertiary/aromatic N) is 4. The van der Waals surface area contributed by atoms with Crippen LogP contribution in [0, 0.1) is 0 Å². The number of nitrogens with two attached hydrogens (primary N) is 1. The van der Waals surface area contributed by atoms with Gasteiger partial charge in [0.1, 0.15) is 5.82 Å². The molecule has 7 nitrogen and oxygen atoms in total. The zero-order chi connectivity index (χ0) is 22.0. The highest BCUT2D eigenvalue weighted by Gasteiger charge is 2.30. The Morgan fingerprint density at radius 3 is 2.42 bits per heavy atom. The second-order valence-electron chi connectivity index (χ2n) is 7.00. The van der Waals surface area contributed by atoms with Gasteiger partial charge in [0.15, 0.2) is 5.65 Å². The van der Waals surface area contributed by atoms with E-state index in [-0.39, 0.29) is 6.04 Å². The number of aryl methyl sites for hydroxylation is 1. The molecule has 0 radical (unpaired) electrons. The second kappa shape index (κ2) is 8.23. The first-order valence-electron chi connectivity index (χ1n) is 9.49. The van der Waals surface area contributed by atoms with Crippen molar-refractivity contribution in [3.8, 4) is 0 Å². The fourth-order valence-corrected chi connectivity index (χ4v) is 3.10. The Bertz CT molecular complexity index is 1170. The van der Waals surface area contributed by atoms with Gasteiger partial charge >= 0.3 is 6.18 Å². The van der Waals surface area contributed by atoms with E-state index in [4.69, 9.17) is 5.73 Å². The minimum absolute atomic E-state index is 0.265. The maximum absolute atomic E-state index is 12.8. The van der Waals surface area contributed by atoms with Crippen LogP contribution in [0.3, 0.4) is 0 Å². The Morgan fingerprint density at radius 2 is 1.74 bits per heavy atom.